The Bertz CT molecular complexity index is 11.7. The quantitative estimate of drug-likeness (QED) is 0.521. The topological polar surface area (TPSA) is 26.0 Å². The fourth-order valence-corrected chi connectivity index (χ4v) is 0. The van der Waals surface area contributed by atoms with Gasteiger partial charge in [0.2, 0.25) is 0 Å². The van der Waals surface area contributed by atoms with E-state index in [1.807, 2.05) is 20.8 Å². The molecule has 0 aliphatic carbocycles. The minimum atomic E-state index is 0. The van der Waals surface area contributed by atoms with Crippen molar-refractivity contribution in [3.05, 3.63) is 0 Å². The largest absolute Gasteiger partial charge is 0.331 e. The first-order valence-corrected chi connectivity index (χ1v) is 2.12. The maximum absolute atomic E-state index is 4.85. The molecule has 2 heteroatoms. The summed E-state index contributed by atoms with van der Waals surface area (Å²) in [4.78, 5) is 0. The van der Waals surface area contributed by atoms with E-state index in [0.717, 1.165) is 6.54 Å². The standard InChI is InChI=1S/C2H7N.C2H6.V.H2/c1-2-3;1-2;;/h2-3H2,1H3;1-2H3;;1H. The van der Waals surface area contributed by atoms with Crippen LogP contribution >= 0.6 is 0 Å². The Balaban J connectivity index is -0.0000000105. The molecule has 0 saturated carbocycles. The Morgan fingerprint density at radius 3 is 1.50 bits per heavy atom. The average Bonchev–Trinajstić information content (AvgIpc) is 1.46. The van der Waals surface area contributed by atoms with E-state index in [0.29, 0.717) is 0 Å². The molecule has 0 aliphatic heterocycles. The van der Waals surface area contributed by atoms with Crippen molar-refractivity contribution in [2.24, 2.45) is 5.73 Å². The van der Waals surface area contributed by atoms with Crippen LogP contribution in [0.5, 0.6) is 0 Å². The van der Waals surface area contributed by atoms with Gasteiger partial charge in [-0.05, 0) is 6.54 Å². The third kappa shape index (κ3) is 193. The van der Waals surface area contributed by atoms with Crippen LogP contribution in [-0.2, 0) is 18.6 Å². The smallest absolute Gasteiger partial charge is 0 e. The molecule has 0 fully saturated rings. The molecule has 0 amide bonds. The van der Waals surface area contributed by atoms with Gasteiger partial charge in [0.05, 0.1) is 0 Å². The van der Waals surface area contributed by atoms with Crippen LogP contribution in [0.3, 0.4) is 0 Å². The summed E-state index contributed by atoms with van der Waals surface area (Å²) in [7, 11) is 0. The van der Waals surface area contributed by atoms with Crippen molar-refractivity contribution in [1.82, 2.24) is 0 Å². The van der Waals surface area contributed by atoms with E-state index in [9.17, 15) is 0 Å². The molecular formula is C4H15NV. The van der Waals surface area contributed by atoms with Gasteiger partial charge in [-0.1, -0.05) is 20.8 Å². The summed E-state index contributed by atoms with van der Waals surface area (Å²) < 4.78 is 0. The molecule has 6 heavy (non-hydrogen) atoms. The van der Waals surface area contributed by atoms with Gasteiger partial charge in [0.15, 0.2) is 0 Å². The van der Waals surface area contributed by atoms with E-state index in [1.54, 1.807) is 0 Å². The average molecular weight is 128 g/mol. The predicted molar refractivity (Wildman–Crippen MR) is 28.2 cm³/mol. The maximum Gasteiger partial charge on any atom is 0 e. The second kappa shape index (κ2) is 48.0. The Labute approximate surface area is 53.7 Å². The third-order valence-corrected chi connectivity index (χ3v) is 0. The van der Waals surface area contributed by atoms with Crippen LogP contribution in [0, 0.1) is 0 Å². The Hall–Kier alpha value is 0.544. The zero-order valence-electron chi connectivity index (χ0n) is 4.73. The summed E-state index contributed by atoms with van der Waals surface area (Å²) in [6.45, 7) is 6.65. The van der Waals surface area contributed by atoms with Gasteiger partial charge in [0.1, 0.15) is 0 Å². The van der Waals surface area contributed by atoms with Crippen LogP contribution in [0.15, 0.2) is 0 Å². The number of hydrogen-bond donors (Lipinski definition) is 1. The fraction of sp³-hybridized carbons (Fsp3) is 1.00. The van der Waals surface area contributed by atoms with E-state index in [2.05, 4.69) is 0 Å². The molecule has 0 rings (SSSR count). The molecule has 0 atom stereocenters. The SMILES string of the molecule is CC.CCN.[HH].[V]. The molecule has 1 radical (unpaired) electrons. The van der Waals surface area contributed by atoms with Crippen molar-refractivity contribution in [2.45, 2.75) is 20.8 Å². The molecule has 2 N–H and O–H groups in total. The van der Waals surface area contributed by atoms with Crippen LogP contribution in [0.2, 0.25) is 0 Å². The molecule has 0 aromatic carbocycles. The van der Waals surface area contributed by atoms with Crippen molar-refractivity contribution in [2.75, 3.05) is 6.54 Å². The van der Waals surface area contributed by atoms with Gasteiger partial charge in [-0.25, -0.2) is 0 Å². The maximum atomic E-state index is 4.85. The zero-order valence-corrected chi connectivity index (χ0v) is 6.13. The van der Waals surface area contributed by atoms with Gasteiger partial charge in [0, 0.05) is 20.0 Å². The minimum absolute atomic E-state index is 0. The van der Waals surface area contributed by atoms with Crippen LogP contribution in [0.25, 0.3) is 0 Å². The summed E-state index contributed by atoms with van der Waals surface area (Å²) >= 11 is 0. The molecule has 41 valence electrons. The Kier molecular flexibility index (Phi) is 128. The summed E-state index contributed by atoms with van der Waals surface area (Å²) in [6.07, 6.45) is 0. The normalized spacial score (nSPS) is 4.00. The van der Waals surface area contributed by atoms with Gasteiger partial charge in [-0.15, -0.1) is 0 Å². The molecule has 0 saturated heterocycles. The summed E-state index contributed by atoms with van der Waals surface area (Å²) in [5, 5.41) is 0. The summed E-state index contributed by atoms with van der Waals surface area (Å²) in [5.41, 5.74) is 4.85. The van der Waals surface area contributed by atoms with Gasteiger partial charge in [-0.3, -0.25) is 0 Å². The van der Waals surface area contributed by atoms with E-state index in [-0.39, 0.29) is 20.0 Å². The van der Waals surface area contributed by atoms with E-state index in [1.165, 1.54) is 0 Å². The molecule has 0 bridgehead atoms. The summed E-state index contributed by atoms with van der Waals surface area (Å²) in [5.74, 6) is 0. The molecule has 0 unspecified atom stereocenters. The molecule has 0 aromatic rings. The van der Waals surface area contributed by atoms with Crippen molar-refractivity contribution in [3.8, 4) is 0 Å². The third-order valence-electron chi connectivity index (χ3n) is 0. The van der Waals surface area contributed by atoms with Crippen LogP contribution in [0.1, 0.15) is 22.2 Å². The minimum Gasteiger partial charge on any atom is -0.331 e. The number of nitrogens with two attached hydrogens (primary N) is 1. The Morgan fingerprint density at radius 1 is 1.50 bits per heavy atom. The van der Waals surface area contributed by atoms with Gasteiger partial charge >= 0.3 is 0 Å². The molecule has 0 heterocycles. The van der Waals surface area contributed by atoms with Crippen molar-refractivity contribution >= 4 is 0 Å². The molecular weight excluding hydrogens is 113 g/mol. The van der Waals surface area contributed by atoms with Gasteiger partial charge in [0.25, 0.3) is 0 Å². The second-order valence-electron chi connectivity index (χ2n) is 0.408. The first kappa shape index (κ1) is 16.0. The monoisotopic (exact) mass is 128 g/mol. The van der Waals surface area contributed by atoms with E-state index >= 15 is 0 Å². The van der Waals surface area contributed by atoms with Crippen LogP contribution in [-0.4, -0.2) is 6.54 Å². The van der Waals surface area contributed by atoms with Gasteiger partial charge in [-0.2, -0.15) is 0 Å². The first-order valence-electron chi connectivity index (χ1n) is 2.12. The molecule has 1 nitrogen and oxygen atoms in total. The van der Waals surface area contributed by atoms with Crippen molar-refractivity contribution in [3.63, 3.8) is 0 Å². The second-order valence-corrected chi connectivity index (χ2v) is 0.408. The molecule has 0 spiro atoms. The predicted octanol–water partition coefficient (Wildman–Crippen LogP) is 1.23. The fourth-order valence-electron chi connectivity index (χ4n) is 0. The number of rotatable bonds is 0. The van der Waals surface area contributed by atoms with E-state index in [4.69, 9.17) is 5.73 Å². The summed E-state index contributed by atoms with van der Waals surface area (Å²) in [6, 6.07) is 0. The van der Waals surface area contributed by atoms with Crippen LogP contribution in [0.4, 0.5) is 0 Å². The molecule has 0 aromatic heterocycles. The molecule has 0 aliphatic rings. The first-order chi connectivity index (χ1) is 2.41. The van der Waals surface area contributed by atoms with Crippen molar-refractivity contribution in [1.29, 1.82) is 0 Å². The number of hydrogen-bond acceptors (Lipinski definition) is 1. The van der Waals surface area contributed by atoms with Crippen molar-refractivity contribution < 1.29 is 20.0 Å². The van der Waals surface area contributed by atoms with Crippen LogP contribution < -0.4 is 5.73 Å². The Morgan fingerprint density at radius 2 is 1.50 bits per heavy atom. The van der Waals surface area contributed by atoms with E-state index < -0.39 is 0 Å². The zero-order chi connectivity index (χ0) is 4.71. The van der Waals surface area contributed by atoms with Gasteiger partial charge < -0.3 is 5.73 Å².